The second-order valence-corrected chi connectivity index (χ2v) is 13.3. The Morgan fingerprint density at radius 1 is 0.474 bits per heavy atom. The van der Waals surface area contributed by atoms with Gasteiger partial charge in [0, 0.05) is 64.9 Å². The molecule has 0 saturated heterocycles. The monoisotopic (exact) mass is 830 g/mol. The number of nitrogens with two attached hydrogens (primary N) is 1. The van der Waals surface area contributed by atoms with Gasteiger partial charge < -0.3 is 21.1 Å². The molecule has 0 aliphatic carbocycles. The molecule has 57 heavy (non-hydrogen) atoms. The van der Waals surface area contributed by atoms with Crippen molar-refractivity contribution < 1.29 is 29.7 Å². The highest BCUT2D eigenvalue weighted by Gasteiger charge is 2.11. The summed E-state index contributed by atoms with van der Waals surface area (Å²) in [6.45, 7) is 4.28. The third-order valence-electron chi connectivity index (χ3n) is 8.38. The number of carbonyl (C=O) groups excluding carboxylic acids is 3. The van der Waals surface area contributed by atoms with Crippen molar-refractivity contribution in [3.63, 3.8) is 0 Å². The first-order valence-corrected chi connectivity index (χ1v) is 19.7. The van der Waals surface area contributed by atoms with Gasteiger partial charge in [-0.15, -0.1) is 0 Å². The summed E-state index contributed by atoms with van der Waals surface area (Å²) in [6, 6.07) is 50.6. The molecular weight excluding hydrogens is 780 g/mol. The number of rotatable bonds is 14. The van der Waals surface area contributed by atoms with Crippen LogP contribution in [0.15, 0.2) is 164 Å². The standard InChI is InChI=1S/C18H21NO3.C14H11BrO.C14H12O.C2H7NO/c20-12-10-19(11-13-21)14-15-6-8-17(9-7-15)18(22)16-4-2-1-3-5-16;15-10-11-6-8-13(9-7-11)14(16)12-4-2-1-3-5-12;1-11-7-9-13(10-8-11)14(15)12-5-3-2-4-6-12;3-1-2-4/h1-9,20-21H,10-14H2;1-9H,10H2;2-10H,1H3;4H,1-3H2. The molecule has 0 unspecified atom stereocenters. The number of aryl methyl sites for hydroxylation is 1. The summed E-state index contributed by atoms with van der Waals surface area (Å²) in [7, 11) is 0. The fourth-order valence-corrected chi connectivity index (χ4v) is 5.67. The van der Waals surface area contributed by atoms with Gasteiger partial charge in [0.25, 0.3) is 0 Å². The van der Waals surface area contributed by atoms with Crippen molar-refractivity contribution in [1.29, 1.82) is 0 Å². The zero-order valence-corrected chi connectivity index (χ0v) is 33.8. The Morgan fingerprint density at radius 3 is 1.07 bits per heavy atom. The molecule has 6 rings (SSSR count). The van der Waals surface area contributed by atoms with Gasteiger partial charge in [0.2, 0.25) is 0 Å². The Hall–Kier alpha value is -5.39. The maximum absolute atomic E-state index is 12.3. The third-order valence-corrected chi connectivity index (χ3v) is 9.02. The van der Waals surface area contributed by atoms with Gasteiger partial charge in [-0.25, -0.2) is 0 Å². The van der Waals surface area contributed by atoms with Crippen molar-refractivity contribution in [2.75, 3.05) is 39.5 Å². The lowest BCUT2D eigenvalue weighted by molar-refractivity contribution is 0.103. The first kappa shape index (κ1) is 46.0. The summed E-state index contributed by atoms with van der Waals surface area (Å²) < 4.78 is 0. The van der Waals surface area contributed by atoms with Gasteiger partial charge in [-0.05, 0) is 18.1 Å². The molecule has 5 N–H and O–H groups in total. The number of aliphatic hydroxyl groups excluding tert-OH is 3. The van der Waals surface area contributed by atoms with E-state index in [2.05, 4.69) is 15.9 Å². The lowest BCUT2D eigenvalue weighted by Crippen LogP contribution is -2.29. The van der Waals surface area contributed by atoms with E-state index >= 15 is 0 Å². The van der Waals surface area contributed by atoms with E-state index in [1.54, 1.807) is 12.1 Å². The van der Waals surface area contributed by atoms with Gasteiger partial charge >= 0.3 is 0 Å². The maximum Gasteiger partial charge on any atom is 0.193 e. The van der Waals surface area contributed by atoms with Crippen LogP contribution in [0.4, 0.5) is 0 Å². The Kier molecular flexibility index (Phi) is 21.4. The average Bonchev–Trinajstić information content (AvgIpc) is 3.28. The van der Waals surface area contributed by atoms with E-state index in [0.717, 1.165) is 33.1 Å². The molecule has 0 saturated carbocycles. The summed E-state index contributed by atoms with van der Waals surface area (Å²) >= 11 is 3.38. The molecule has 6 aromatic rings. The van der Waals surface area contributed by atoms with Crippen molar-refractivity contribution in [3.05, 3.63) is 214 Å². The van der Waals surface area contributed by atoms with Crippen LogP contribution < -0.4 is 5.73 Å². The largest absolute Gasteiger partial charge is 0.395 e. The number of carbonyl (C=O) groups is 3. The number of ketones is 3. The summed E-state index contributed by atoms with van der Waals surface area (Å²) in [6.07, 6.45) is 0. The minimum absolute atomic E-state index is 0.00900. The number of alkyl halides is 1. The summed E-state index contributed by atoms with van der Waals surface area (Å²) in [5.41, 5.74) is 12.4. The summed E-state index contributed by atoms with van der Waals surface area (Å²) in [4.78, 5) is 38.3. The van der Waals surface area contributed by atoms with E-state index < -0.39 is 0 Å². The average molecular weight is 832 g/mol. The van der Waals surface area contributed by atoms with Crippen molar-refractivity contribution in [3.8, 4) is 0 Å². The summed E-state index contributed by atoms with van der Waals surface area (Å²) in [5, 5.41) is 26.6. The predicted molar refractivity (Wildman–Crippen MR) is 232 cm³/mol. The molecule has 296 valence electrons. The smallest absolute Gasteiger partial charge is 0.193 e. The van der Waals surface area contributed by atoms with Gasteiger partial charge in [-0.2, -0.15) is 0 Å². The van der Waals surface area contributed by atoms with Crippen molar-refractivity contribution in [2.24, 2.45) is 5.73 Å². The molecule has 9 heteroatoms. The highest BCUT2D eigenvalue weighted by molar-refractivity contribution is 9.08. The number of hydrogen-bond acceptors (Lipinski definition) is 8. The van der Waals surface area contributed by atoms with E-state index in [1.165, 1.54) is 11.1 Å². The van der Waals surface area contributed by atoms with Crippen molar-refractivity contribution in [1.82, 2.24) is 4.90 Å². The Labute approximate surface area is 344 Å². The second kappa shape index (κ2) is 26.5. The van der Waals surface area contributed by atoms with Gasteiger partial charge in [0.05, 0.1) is 19.8 Å². The van der Waals surface area contributed by atoms with Gasteiger partial charge in [0.1, 0.15) is 0 Å². The number of benzene rings is 6. The SMILES string of the molecule is Cc1ccc(C(=O)c2ccccc2)cc1.NCCO.O=C(c1ccccc1)c1ccc(CBr)cc1.O=C(c1ccccc1)c1ccc(CN(CCO)CCO)cc1. The van der Waals surface area contributed by atoms with Crippen LogP contribution in [0.2, 0.25) is 0 Å². The molecule has 0 heterocycles. The van der Waals surface area contributed by atoms with E-state index in [0.29, 0.717) is 37.3 Å². The Bertz CT molecular complexity index is 2020. The first-order chi connectivity index (χ1) is 27.7. The fraction of sp³-hybridized carbons (Fsp3) is 0.188. The maximum atomic E-state index is 12.3. The Balaban J connectivity index is 0.000000223. The molecular formula is C48H51BrN2O6. The molecule has 0 radical (unpaired) electrons. The molecule has 0 atom stereocenters. The fourth-order valence-electron chi connectivity index (χ4n) is 5.29. The number of hydrogen-bond donors (Lipinski definition) is 4. The van der Waals surface area contributed by atoms with Crippen LogP contribution in [0.3, 0.4) is 0 Å². The van der Waals surface area contributed by atoms with Crippen LogP contribution in [0.5, 0.6) is 0 Å². The van der Waals surface area contributed by atoms with Crippen LogP contribution >= 0.6 is 15.9 Å². The molecule has 0 aromatic heterocycles. The number of aliphatic hydroxyl groups is 3. The normalized spacial score (nSPS) is 10.2. The van der Waals surface area contributed by atoms with E-state index in [1.807, 2.05) is 163 Å². The van der Waals surface area contributed by atoms with Crippen molar-refractivity contribution in [2.45, 2.75) is 18.8 Å². The highest BCUT2D eigenvalue weighted by atomic mass is 79.9. The van der Waals surface area contributed by atoms with Crippen LogP contribution in [0, 0.1) is 6.92 Å². The minimum atomic E-state index is 0.00900. The zero-order chi connectivity index (χ0) is 41.3. The van der Waals surface area contributed by atoms with Crippen LogP contribution in [0.25, 0.3) is 0 Å². The molecule has 0 aliphatic heterocycles. The third kappa shape index (κ3) is 16.3. The van der Waals surface area contributed by atoms with E-state index in [9.17, 15) is 14.4 Å². The summed E-state index contributed by atoms with van der Waals surface area (Å²) in [5.74, 6) is 0.159. The number of halogens is 1. The molecule has 0 bridgehead atoms. The highest BCUT2D eigenvalue weighted by Crippen LogP contribution is 2.14. The van der Waals surface area contributed by atoms with Gasteiger partial charge in [-0.1, -0.05) is 185 Å². The van der Waals surface area contributed by atoms with Crippen molar-refractivity contribution >= 4 is 33.3 Å². The van der Waals surface area contributed by atoms with Crippen LogP contribution in [-0.4, -0.2) is 77.0 Å². The molecule has 0 spiro atoms. The quantitative estimate of drug-likeness (QED) is 0.0648. The van der Waals surface area contributed by atoms with Gasteiger partial charge in [0.15, 0.2) is 17.3 Å². The van der Waals surface area contributed by atoms with E-state index in [-0.39, 0.29) is 37.2 Å². The molecule has 6 aromatic carbocycles. The van der Waals surface area contributed by atoms with Crippen LogP contribution in [0.1, 0.15) is 64.5 Å². The molecule has 0 aliphatic rings. The molecule has 0 amide bonds. The van der Waals surface area contributed by atoms with E-state index in [4.69, 9.17) is 21.1 Å². The Morgan fingerprint density at radius 2 is 0.772 bits per heavy atom. The lowest BCUT2D eigenvalue weighted by Gasteiger charge is -2.20. The zero-order valence-electron chi connectivity index (χ0n) is 32.2. The minimum Gasteiger partial charge on any atom is -0.395 e. The molecule has 8 nitrogen and oxygen atoms in total. The first-order valence-electron chi connectivity index (χ1n) is 18.6. The predicted octanol–water partition coefficient (Wildman–Crippen LogP) is 7.68. The topological polar surface area (TPSA) is 141 Å². The lowest BCUT2D eigenvalue weighted by atomic mass is 10.0. The molecule has 0 fully saturated rings. The van der Waals surface area contributed by atoms with Gasteiger partial charge in [-0.3, -0.25) is 19.3 Å². The number of nitrogens with zero attached hydrogens (tertiary/aromatic N) is 1. The second-order valence-electron chi connectivity index (χ2n) is 12.7. The van der Waals surface area contributed by atoms with Crippen LogP contribution in [-0.2, 0) is 11.9 Å².